The number of phenols is 1. The van der Waals surface area contributed by atoms with Gasteiger partial charge in [-0.3, -0.25) is 4.79 Å². The Morgan fingerprint density at radius 1 is 1.19 bits per heavy atom. The summed E-state index contributed by atoms with van der Waals surface area (Å²) in [5.41, 5.74) is 0.133. The molecule has 168 valence electrons. The highest BCUT2D eigenvalue weighted by atomic mass is 32.2. The van der Waals surface area contributed by atoms with Gasteiger partial charge in [0.25, 0.3) is 0 Å². The minimum atomic E-state index is -1.72. The van der Waals surface area contributed by atoms with Crippen LogP contribution in [0, 0.1) is 18.3 Å². The maximum atomic E-state index is 14.0. The largest absolute Gasteiger partial charge is 0.507 e. The molecule has 1 aromatic carbocycles. The van der Waals surface area contributed by atoms with Gasteiger partial charge < -0.3 is 24.3 Å². The zero-order chi connectivity index (χ0) is 23.5. The zero-order valence-electron chi connectivity index (χ0n) is 18.3. The van der Waals surface area contributed by atoms with Gasteiger partial charge in [-0.2, -0.15) is 0 Å². The lowest BCUT2D eigenvalue weighted by Gasteiger charge is -2.51. The number of hydrogen-bond acceptors (Lipinski definition) is 9. The van der Waals surface area contributed by atoms with Crippen LogP contribution < -0.4 is 0 Å². The van der Waals surface area contributed by atoms with Gasteiger partial charge in [0.1, 0.15) is 28.5 Å². The number of esters is 2. The second-order valence-electron chi connectivity index (χ2n) is 8.18. The number of aromatic hydroxyl groups is 1. The number of nitrogens with zero attached hydrogens (tertiary/aromatic N) is 1. The summed E-state index contributed by atoms with van der Waals surface area (Å²) in [5, 5.41) is 9.80. The number of Topliss-reactive ketones (excluding diaryl/α,β-unsaturated/α-hetero) is 1. The number of rotatable bonds is 3. The van der Waals surface area contributed by atoms with Gasteiger partial charge in [0, 0.05) is 16.5 Å². The predicted molar refractivity (Wildman–Crippen MR) is 116 cm³/mol. The maximum absolute atomic E-state index is 14.0. The normalized spacial score (nSPS) is 26.4. The fraction of sp³-hybridized carbons (Fsp3) is 0.391. The van der Waals surface area contributed by atoms with E-state index in [4.69, 9.17) is 9.47 Å². The molecule has 0 radical (unpaired) electrons. The van der Waals surface area contributed by atoms with E-state index in [9.17, 15) is 24.3 Å². The van der Waals surface area contributed by atoms with Crippen molar-refractivity contribution in [2.24, 2.45) is 11.3 Å². The summed E-state index contributed by atoms with van der Waals surface area (Å²) in [6.07, 6.45) is 0.665. The van der Waals surface area contributed by atoms with E-state index in [0.29, 0.717) is 17.5 Å². The van der Waals surface area contributed by atoms with Crippen molar-refractivity contribution < 1.29 is 33.8 Å². The van der Waals surface area contributed by atoms with Crippen LogP contribution in [0.3, 0.4) is 0 Å². The van der Waals surface area contributed by atoms with Crippen molar-refractivity contribution in [3.05, 3.63) is 50.7 Å². The molecule has 0 saturated heterocycles. The number of fused-ring (bicyclic) bond motifs is 4. The molecule has 0 fully saturated rings. The molecule has 8 nitrogen and oxygen atoms in total. The number of carbonyl (C=O) groups is 4. The minimum absolute atomic E-state index is 0.0261. The third kappa shape index (κ3) is 2.70. The third-order valence-corrected chi connectivity index (χ3v) is 8.06. The van der Waals surface area contributed by atoms with Gasteiger partial charge in [0.15, 0.2) is 5.78 Å². The molecule has 1 aliphatic carbocycles. The molecule has 0 aromatic heterocycles. The lowest BCUT2D eigenvalue weighted by molar-refractivity contribution is -0.143. The van der Waals surface area contributed by atoms with Crippen molar-refractivity contribution in [3.8, 4) is 5.75 Å². The van der Waals surface area contributed by atoms with Crippen LogP contribution in [0.2, 0.25) is 0 Å². The standard InChI is InChI=1S/C23H23NO7S/c1-10-6-13-8-14-17(20(28)30-4)18(21(29)31-5)24-11(2)12(3)32-22(24)23(14,9-25)19(27)16(13)15(26)7-10/h6-7,9,14,22,26H,8H2,1-5H3/t14-,22?,23?/m1/s1. The summed E-state index contributed by atoms with van der Waals surface area (Å²) >= 11 is 1.28. The summed E-state index contributed by atoms with van der Waals surface area (Å²) in [5.74, 6) is -3.31. The van der Waals surface area contributed by atoms with E-state index in [1.54, 1.807) is 19.9 Å². The van der Waals surface area contributed by atoms with Gasteiger partial charge in [-0.05, 0) is 44.4 Å². The number of thioether (sulfide) groups is 1. The summed E-state index contributed by atoms with van der Waals surface area (Å²) < 4.78 is 10.00. The number of ketones is 1. The summed E-state index contributed by atoms with van der Waals surface area (Å²) in [7, 11) is 2.39. The molecule has 0 amide bonds. The van der Waals surface area contributed by atoms with Crippen LogP contribution in [-0.2, 0) is 30.3 Å². The van der Waals surface area contributed by atoms with Gasteiger partial charge in [-0.15, -0.1) is 11.8 Å². The first-order chi connectivity index (χ1) is 15.1. The number of allylic oxidation sites excluding steroid dienone is 2. The van der Waals surface area contributed by atoms with Crippen molar-refractivity contribution >= 4 is 35.8 Å². The topological polar surface area (TPSA) is 110 Å². The second-order valence-corrected chi connectivity index (χ2v) is 9.48. The summed E-state index contributed by atoms with van der Waals surface area (Å²) in [4.78, 5) is 55.1. The van der Waals surface area contributed by atoms with Crippen LogP contribution in [0.4, 0.5) is 0 Å². The van der Waals surface area contributed by atoms with Crippen LogP contribution in [0.25, 0.3) is 0 Å². The van der Waals surface area contributed by atoms with Crippen molar-refractivity contribution in [3.63, 3.8) is 0 Å². The number of benzene rings is 1. The van der Waals surface area contributed by atoms with E-state index in [0.717, 1.165) is 10.5 Å². The van der Waals surface area contributed by atoms with Crippen LogP contribution in [-0.4, -0.2) is 53.6 Å². The molecule has 9 heteroatoms. The average Bonchev–Trinajstić information content (AvgIpc) is 3.05. The molecule has 1 aromatic rings. The molecule has 32 heavy (non-hydrogen) atoms. The van der Waals surface area contributed by atoms with Gasteiger partial charge in [-0.25, -0.2) is 9.59 Å². The van der Waals surface area contributed by atoms with E-state index >= 15 is 0 Å². The maximum Gasteiger partial charge on any atom is 0.355 e. The predicted octanol–water partition coefficient (Wildman–Crippen LogP) is 2.48. The Morgan fingerprint density at radius 2 is 1.84 bits per heavy atom. The van der Waals surface area contributed by atoms with Crippen molar-refractivity contribution in [1.82, 2.24) is 4.90 Å². The average molecular weight is 458 g/mol. The Labute approximate surface area is 189 Å². The van der Waals surface area contributed by atoms with Crippen LogP contribution in [0.15, 0.2) is 34.0 Å². The minimum Gasteiger partial charge on any atom is -0.507 e. The SMILES string of the molecule is COC(=O)C1=C(C(=O)OC)N2C(C)=C(C)SC2C2(C=O)C(=O)c3c(O)cc(C)cc3C[C@H]12. The molecule has 4 rings (SSSR count). The number of methoxy groups -OCH3 is 2. The fourth-order valence-corrected chi connectivity index (χ4v) is 6.54. The van der Waals surface area contributed by atoms with E-state index in [2.05, 4.69) is 0 Å². The van der Waals surface area contributed by atoms with Crippen molar-refractivity contribution in [2.45, 2.75) is 32.6 Å². The monoisotopic (exact) mass is 457 g/mol. The quantitative estimate of drug-likeness (QED) is 0.416. The zero-order valence-corrected chi connectivity index (χ0v) is 19.2. The summed E-state index contributed by atoms with van der Waals surface area (Å²) in [6, 6.07) is 3.22. The molecular weight excluding hydrogens is 434 g/mol. The molecule has 3 atom stereocenters. The molecule has 1 N–H and O–H groups in total. The lowest BCUT2D eigenvalue weighted by atomic mass is 9.59. The van der Waals surface area contributed by atoms with Gasteiger partial charge in [0.05, 0.1) is 25.4 Å². The van der Waals surface area contributed by atoms with Gasteiger partial charge in [-0.1, -0.05) is 6.07 Å². The molecule has 0 bridgehead atoms. The van der Waals surface area contributed by atoms with Gasteiger partial charge >= 0.3 is 11.9 Å². The molecule has 3 aliphatic rings. The van der Waals surface area contributed by atoms with Crippen molar-refractivity contribution in [1.29, 1.82) is 0 Å². The first kappa shape index (κ1) is 22.1. The second kappa shape index (κ2) is 7.51. The van der Waals surface area contributed by atoms with E-state index in [1.165, 1.54) is 36.9 Å². The smallest absolute Gasteiger partial charge is 0.355 e. The van der Waals surface area contributed by atoms with Crippen LogP contribution in [0.5, 0.6) is 5.75 Å². The number of phenolic OH excluding ortho intramolecular Hbond substituents is 1. The van der Waals surface area contributed by atoms with Crippen LogP contribution >= 0.6 is 11.8 Å². The van der Waals surface area contributed by atoms with Crippen LogP contribution in [0.1, 0.15) is 35.3 Å². The molecule has 2 heterocycles. The first-order valence-electron chi connectivity index (χ1n) is 10.0. The lowest BCUT2D eigenvalue weighted by Crippen LogP contribution is -2.61. The Bertz CT molecular complexity index is 1150. The third-order valence-electron chi connectivity index (χ3n) is 6.59. The molecule has 2 unspecified atom stereocenters. The highest BCUT2D eigenvalue weighted by Gasteiger charge is 2.65. The first-order valence-corrected chi connectivity index (χ1v) is 10.9. The number of aldehydes is 1. The van der Waals surface area contributed by atoms with Gasteiger partial charge in [0.2, 0.25) is 0 Å². The molecule has 0 spiro atoms. The number of ether oxygens (including phenoxy) is 2. The summed E-state index contributed by atoms with van der Waals surface area (Å²) in [6.45, 7) is 5.34. The Kier molecular flexibility index (Phi) is 5.20. The number of hydrogen-bond donors (Lipinski definition) is 1. The Hall–Kier alpha value is -3.07. The highest BCUT2D eigenvalue weighted by molar-refractivity contribution is 8.03. The van der Waals surface area contributed by atoms with E-state index in [-0.39, 0.29) is 29.0 Å². The number of aryl methyl sites for hydroxylation is 1. The van der Waals surface area contributed by atoms with E-state index < -0.39 is 34.4 Å². The Balaban J connectivity index is 2.11. The Morgan fingerprint density at radius 3 is 2.44 bits per heavy atom. The fourth-order valence-electron chi connectivity index (χ4n) is 5.04. The van der Waals surface area contributed by atoms with E-state index in [1.807, 2.05) is 6.92 Å². The molecular formula is C23H23NO7S. The van der Waals surface area contributed by atoms with Crippen molar-refractivity contribution in [2.75, 3.05) is 14.2 Å². The highest BCUT2D eigenvalue weighted by Crippen LogP contribution is 2.60. The number of carbonyl (C=O) groups excluding carboxylic acids is 4. The molecule has 2 aliphatic heterocycles. The molecule has 0 saturated carbocycles.